The van der Waals surface area contributed by atoms with Crippen LogP contribution in [0.1, 0.15) is 11.1 Å². The van der Waals surface area contributed by atoms with Crippen LogP contribution in [0.5, 0.6) is 5.75 Å². The van der Waals surface area contributed by atoms with Crippen LogP contribution < -0.4 is 15.8 Å². The normalized spacial score (nSPS) is 9.82. The number of hydrogen-bond acceptors (Lipinski definition) is 4. The highest BCUT2D eigenvalue weighted by atomic mass is 16.5. The molecule has 17 heavy (non-hydrogen) atoms. The minimum Gasteiger partial charge on any atom is -0.496 e. The maximum absolute atomic E-state index is 11.2. The van der Waals surface area contributed by atoms with Crippen LogP contribution in [-0.4, -0.2) is 26.3 Å². The van der Waals surface area contributed by atoms with Crippen LogP contribution in [0.15, 0.2) is 18.2 Å². The van der Waals surface area contributed by atoms with Crippen LogP contribution in [0.25, 0.3) is 0 Å². The van der Waals surface area contributed by atoms with Crippen molar-refractivity contribution in [2.75, 3.05) is 20.2 Å². The molecule has 94 valence electrons. The molecule has 3 N–H and O–H groups in total. The molecule has 0 aliphatic carbocycles. The van der Waals surface area contributed by atoms with Gasteiger partial charge in [-0.05, 0) is 30.2 Å². The Hall–Kier alpha value is -1.75. The SMILES string of the molecule is COc1ccc(COC(=O)NCCN)cc1C. The first-order valence-corrected chi connectivity index (χ1v) is 5.41. The number of amides is 1. The van der Waals surface area contributed by atoms with Crippen molar-refractivity contribution in [1.82, 2.24) is 5.32 Å². The maximum atomic E-state index is 11.2. The van der Waals surface area contributed by atoms with Gasteiger partial charge in [0.2, 0.25) is 0 Å². The van der Waals surface area contributed by atoms with E-state index in [0.29, 0.717) is 13.1 Å². The Morgan fingerprint density at radius 2 is 2.24 bits per heavy atom. The number of alkyl carbamates (subject to hydrolysis) is 1. The molecule has 0 saturated heterocycles. The Morgan fingerprint density at radius 1 is 1.47 bits per heavy atom. The second-order valence-electron chi connectivity index (χ2n) is 3.60. The molecule has 5 heteroatoms. The van der Waals surface area contributed by atoms with E-state index in [2.05, 4.69) is 5.32 Å². The number of carbonyl (C=O) groups excluding carboxylic acids is 1. The molecule has 0 radical (unpaired) electrons. The third-order valence-corrected chi connectivity index (χ3v) is 2.24. The summed E-state index contributed by atoms with van der Waals surface area (Å²) < 4.78 is 10.2. The van der Waals surface area contributed by atoms with Crippen LogP contribution in [0, 0.1) is 6.92 Å². The molecule has 5 nitrogen and oxygen atoms in total. The Labute approximate surface area is 101 Å². The molecule has 0 aliphatic heterocycles. The van der Waals surface area contributed by atoms with Crippen LogP contribution in [0.3, 0.4) is 0 Å². The van der Waals surface area contributed by atoms with Gasteiger partial charge in [0.1, 0.15) is 12.4 Å². The summed E-state index contributed by atoms with van der Waals surface area (Å²) in [7, 11) is 1.62. The number of rotatable bonds is 5. The molecule has 0 fully saturated rings. The molecule has 0 aliphatic rings. The number of ether oxygens (including phenoxy) is 2. The number of nitrogens with two attached hydrogens (primary N) is 1. The maximum Gasteiger partial charge on any atom is 0.407 e. The number of hydrogen-bond donors (Lipinski definition) is 2. The van der Waals surface area contributed by atoms with Crippen molar-refractivity contribution in [2.24, 2.45) is 5.73 Å². The van der Waals surface area contributed by atoms with E-state index in [1.807, 2.05) is 25.1 Å². The smallest absolute Gasteiger partial charge is 0.407 e. The van der Waals surface area contributed by atoms with E-state index in [9.17, 15) is 4.79 Å². The molecular formula is C12H18N2O3. The first-order valence-electron chi connectivity index (χ1n) is 5.41. The average Bonchev–Trinajstić information content (AvgIpc) is 2.34. The van der Waals surface area contributed by atoms with Gasteiger partial charge < -0.3 is 20.5 Å². The summed E-state index contributed by atoms with van der Waals surface area (Å²) in [5.41, 5.74) is 7.18. The van der Waals surface area contributed by atoms with Gasteiger partial charge in [-0.25, -0.2) is 4.79 Å². The Morgan fingerprint density at radius 3 is 2.82 bits per heavy atom. The molecule has 0 bridgehead atoms. The first-order chi connectivity index (χ1) is 8.17. The van der Waals surface area contributed by atoms with Crippen molar-refractivity contribution >= 4 is 6.09 Å². The predicted octanol–water partition coefficient (Wildman–Crippen LogP) is 1.19. The van der Waals surface area contributed by atoms with Crippen molar-refractivity contribution in [3.63, 3.8) is 0 Å². The number of nitrogens with one attached hydrogen (secondary N) is 1. The number of aryl methyl sites for hydroxylation is 1. The van der Waals surface area contributed by atoms with Gasteiger partial charge >= 0.3 is 6.09 Å². The monoisotopic (exact) mass is 238 g/mol. The zero-order valence-corrected chi connectivity index (χ0v) is 10.2. The van der Waals surface area contributed by atoms with E-state index in [1.165, 1.54) is 0 Å². The van der Waals surface area contributed by atoms with Gasteiger partial charge in [-0.3, -0.25) is 0 Å². The zero-order chi connectivity index (χ0) is 12.7. The number of methoxy groups -OCH3 is 1. The summed E-state index contributed by atoms with van der Waals surface area (Å²) in [6, 6.07) is 5.64. The molecule has 1 rings (SSSR count). The third-order valence-electron chi connectivity index (χ3n) is 2.24. The van der Waals surface area contributed by atoms with Crippen molar-refractivity contribution in [2.45, 2.75) is 13.5 Å². The Bertz CT molecular complexity index is 380. The molecule has 1 aromatic rings. The van der Waals surface area contributed by atoms with Gasteiger partial charge in [0, 0.05) is 13.1 Å². The molecule has 1 amide bonds. The van der Waals surface area contributed by atoms with Crippen molar-refractivity contribution < 1.29 is 14.3 Å². The van der Waals surface area contributed by atoms with E-state index in [4.69, 9.17) is 15.2 Å². The second kappa shape index (κ2) is 6.75. The molecule has 0 aromatic heterocycles. The summed E-state index contributed by atoms with van der Waals surface area (Å²) >= 11 is 0. The van der Waals surface area contributed by atoms with E-state index >= 15 is 0 Å². The first kappa shape index (κ1) is 13.3. The molecule has 0 saturated carbocycles. The van der Waals surface area contributed by atoms with Crippen molar-refractivity contribution in [3.05, 3.63) is 29.3 Å². The highest BCUT2D eigenvalue weighted by Crippen LogP contribution is 2.18. The molecule has 0 spiro atoms. The topological polar surface area (TPSA) is 73.6 Å². The fourth-order valence-corrected chi connectivity index (χ4v) is 1.40. The summed E-state index contributed by atoms with van der Waals surface area (Å²) in [6.45, 7) is 3.00. The summed E-state index contributed by atoms with van der Waals surface area (Å²) in [5, 5.41) is 2.53. The molecule has 0 unspecified atom stereocenters. The lowest BCUT2D eigenvalue weighted by Gasteiger charge is -2.08. The zero-order valence-electron chi connectivity index (χ0n) is 10.2. The Balaban J connectivity index is 2.47. The molecule has 1 aromatic carbocycles. The average molecular weight is 238 g/mol. The van der Waals surface area contributed by atoms with Crippen LogP contribution >= 0.6 is 0 Å². The third kappa shape index (κ3) is 4.32. The van der Waals surface area contributed by atoms with Crippen molar-refractivity contribution in [1.29, 1.82) is 0 Å². The molecule has 0 heterocycles. The Kier molecular flexibility index (Phi) is 5.29. The predicted molar refractivity (Wildman–Crippen MR) is 65.0 cm³/mol. The summed E-state index contributed by atoms with van der Waals surface area (Å²) in [6.07, 6.45) is -0.455. The molecule has 0 atom stereocenters. The lowest BCUT2D eigenvalue weighted by Crippen LogP contribution is -2.29. The fourth-order valence-electron chi connectivity index (χ4n) is 1.40. The van der Waals surface area contributed by atoms with Gasteiger partial charge in [-0.2, -0.15) is 0 Å². The van der Waals surface area contributed by atoms with Gasteiger partial charge in [0.25, 0.3) is 0 Å². The van der Waals surface area contributed by atoms with Crippen LogP contribution in [0.4, 0.5) is 4.79 Å². The highest BCUT2D eigenvalue weighted by Gasteiger charge is 2.03. The van der Waals surface area contributed by atoms with E-state index < -0.39 is 6.09 Å². The van der Waals surface area contributed by atoms with Gasteiger partial charge in [-0.1, -0.05) is 6.07 Å². The largest absolute Gasteiger partial charge is 0.496 e. The summed E-state index contributed by atoms with van der Waals surface area (Å²) in [4.78, 5) is 11.2. The number of benzene rings is 1. The fraction of sp³-hybridized carbons (Fsp3) is 0.417. The standard InChI is InChI=1S/C12H18N2O3/c1-9-7-10(3-4-11(9)16-2)8-17-12(15)14-6-5-13/h3-4,7H,5-6,8,13H2,1-2H3,(H,14,15). The van der Waals surface area contributed by atoms with Crippen molar-refractivity contribution in [3.8, 4) is 5.75 Å². The minimum atomic E-state index is -0.455. The summed E-state index contributed by atoms with van der Waals surface area (Å²) in [5.74, 6) is 0.821. The highest BCUT2D eigenvalue weighted by molar-refractivity contribution is 5.67. The molecular weight excluding hydrogens is 220 g/mol. The minimum absolute atomic E-state index is 0.237. The van der Waals surface area contributed by atoms with E-state index in [0.717, 1.165) is 16.9 Å². The van der Waals surface area contributed by atoms with E-state index in [-0.39, 0.29) is 6.61 Å². The second-order valence-corrected chi connectivity index (χ2v) is 3.60. The van der Waals surface area contributed by atoms with Gasteiger partial charge in [0.05, 0.1) is 7.11 Å². The van der Waals surface area contributed by atoms with Crippen LogP contribution in [-0.2, 0) is 11.3 Å². The van der Waals surface area contributed by atoms with E-state index in [1.54, 1.807) is 7.11 Å². The quantitative estimate of drug-likeness (QED) is 0.808. The van der Waals surface area contributed by atoms with Gasteiger partial charge in [-0.15, -0.1) is 0 Å². The number of carbonyl (C=O) groups is 1. The van der Waals surface area contributed by atoms with Crippen LogP contribution in [0.2, 0.25) is 0 Å². The lowest BCUT2D eigenvalue weighted by molar-refractivity contribution is 0.140. The lowest BCUT2D eigenvalue weighted by atomic mass is 10.1. The van der Waals surface area contributed by atoms with Gasteiger partial charge in [0.15, 0.2) is 0 Å².